The molecule has 0 aliphatic rings. The van der Waals surface area contributed by atoms with E-state index in [-0.39, 0.29) is 0 Å². The first-order valence-electron chi connectivity index (χ1n) is 7.69. The van der Waals surface area contributed by atoms with Gasteiger partial charge in [0.25, 0.3) is 0 Å². The van der Waals surface area contributed by atoms with Gasteiger partial charge in [0.2, 0.25) is 0 Å². The Balaban J connectivity index is 1.94. The van der Waals surface area contributed by atoms with Gasteiger partial charge in [0.15, 0.2) is 0 Å². The fraction of sp³-hybridized carbons (Fsp3) is 0. The van der Waals surface area contributed by atoms with Crippen LogP contribution in [0.1, 0.15) is 0 Å². The predicted molar refractivity (Wildman–Crippen MR) is 108 cm³/mol. The monoisotopic (exact) mass is 452 g/mol. The molecule has 25 heavy (non-hydrogen) atoms. The number of H-pyrrole nitrogens is 1. The number of hydrogen-bond acceptors (Lipinski definition) is 3. The maximum Gasteiger partial charge on any atom is 0.139 e. The van der Waals surface area contributed by atoms with Gasteiger partial charge >= 0.3 is 0 Å². The van der Waals surface area contributed by atoms with Crippen LogP contribution in [0, 0.1) is 0 Å². The Morgan fingerprint density at radius 2 is 1.52 bits per heavy atom. The van der Waals surface area contributed by atoms with Crippen LogP contribution in [0.3, 0.4) is 0 Å². The molecule has 0 unspecified atom stereocenters. The zero-order chi connectivity index (χ0) is 17.0. The third-order valence-electron chi connectivity index (χ3n) is 4.25. The first-order valence-corrected chi connectivity index (χ1v) is 9.27. The van der Waals surface area contributed by atoms with Crippen LogP contribution in [-0.4, -0.2) is 19.9 Å². The van der Waals surface area contributed by atoms with Crippen LogP contribution in [0.15, 0.2) is 63.8 Å². The Labute approximate surface area is 159 Å². The summed E-state index contributed by atoms with van der Waals surface area (Å²) in [6, 6.07) is 14.0. The number of aromatic nitrogens is 4. The lowest BCUT2D eigenvalue weighted by Gasteiger charge is -2.03. The summed E-state index contributed by atoms with van der Waals surface area (Å²) in [6.07, 6.45) is 3.59. The predicted octanol–water partition coefficient (Wildman–Crippen LogP) is 5.85. The van der Waals surface area contributed by atoms with Gasteiger partial charge in [0, 0.05) is 37.7 Å². The number of pyridine rings is 2. The second kappa shape index (κ2) is 5.61. The zero-order valence-corrected chi connectivity index (χ0v) is 16.0. The van der Waals surface area contributed by atoms with E-state index in [2.05, 4.69) is 52.9 Å². The molecule has 0 saturated heterocycles. The van der Waals surface area contributed by atoms with E-state index >= 15 is 0 Å². The first-order chi connectivity index (χ1) is 12.2. The molecule has 6 heteroatoms. The van der Waals surface area contributed by atoms with Crippen molar-refractivity contribution in [2.75, 3.05) is 0 Å². The standard InChI is InChI=1S/C19H10Br2N4/c20-10-5-6-11(14(21)9-10)19-24-17-12-3-1-7-22-15(12)16-13(18(17)25-19)4-2-8-23-16/h1-9H,(H,24,25). The highest BCUT2D eigenvalue weighted by molar-refractivity contribution is 9.11. The first kappa shape index (κ1) is 15.0. The van der Waals surface area contributed by atoms with E-state index in [0.717, 1.165) is 53.2 Å². The molecule has 3 heterocycles. The molecule has 0 atom stereocenters. The number of fused-ring (bicyclic) bond motifs is 6. The van der Waals surface area contributed by atoms with Crippen molar-refractivity contribution >= 4 is 64.7 Å². The lowest BCUT2D eigenvalue weighted by atomic mass is 10.1. The molecule has 5 rings (SSSR count). The Hall–Kier alpha value is -2.31. The normalized spacial score (nSPS) is 11.6. The molecule has 0 fully saturated rings. The fourth-order valence-electron chi connectivity index (χ4n) is 3.15. The molecule has 120 valence electrons. The minimum atomic E-state index is 0.816. The second-order valence-corrected chi connectivity index (χ2v) is 7.50. The van der Waals surface area contributed by atoms with Gasteiger partial charge in [0.1, 0.15) is 5.82 Å². The molecular weight excluding hydrogens is 444 g/mol. The van der Waals surface area contributed by atoms with Gasteiger partial charge in [-0.3, -0.25) is 9.97 Å². The van der Waals surface area contributed by atoms with Crippen molar-refractivity contribution in [3.63, 3.8) is 0 Å². The average Bonchev–Trinajstić information content (AvgIpc) is 3.07. The van der Waals surface area contributed by atoms with Gasteiger partial charge in [-0.15, -0.1) is 0 Å². The van der Waals surface area contributed by atoms with Crippen LogP contribution in [0.25, 0.3) is 44.2 Å². The van der Waals surface area contributed by atoms with Crippen molar-refractivity contribution in [2.45, 2.75) is 0 Å². The van der Waals surface area contributed by atoms with Crippen molar-refractivity contribution in [3.05, 3.63) is 63.8 Å². The molecule has 0 radical (unpaired) electrons. The van der Waals surface area contributed by atoms with E-state index < -0.39 is 0 Å². The number of rotatable bonds is 1. The van der Waals surface area contributed by atoms with Gasteiger partial charge in [-0.1, -0.05) is 15.9 Å². The molecule has 0 spiro atoms. The van der Waals surface area contributed by atoms with Crippen LogP contribution in [0.4, 0.5) is 0 Å². The number of aromatic amines is 1. The van der Waals surface area contributed by atoms with E-state index in [0.29, 0.717) is 0 Å². The van der Waals surface area contributed by atoms with E-state index in [1.807, 2.05) is 36.4 Å². The number of nitrogens with one attached hydrogen (secondary N) is 1. The molecule has 3 aromatic heterocycles. The van der Waals surface area contributed by atoms with Crippen LogP contribution >= 0.6 is 31.9 Å². The summed E-state index contributed by atoms with van der Waals surface area (Å²) in [7, 11) is 0. The summed E-state index contributed by atoms with van der Waals surface area (Å²) in [5, 5.41) is 2.02. The molecule has 1 N–H and O–H groups in total. The number of benzene rings is 2. The lowest BCUT2D eigenvalue weighted by Crippen LogP contribution is -1.86. The molecule has 4 nitrogen and oxygen atoms in total. The quantitative estimate of drug-likeness (QED) is 0.324. The molecule has 0 bridgehead atoms. The van der Waals surface area contributed by atoms with Gasteiger partial charge in [-0.25, -0.2) is 4.98 Å². The van der Waals surface area contributed by atoms with Crippen molar-refractivity contribution < 1.29 is 0 Å². The minimum absolute atomic E-state index is 0.816. The maximum absolute atomic E-state index is 4.88. The van der Waals surface area contributed by atoms with Gasteiger partial charge < -0.3 is 4.98 Å². The van der Waals surface area contributed by atoms with Crippen LogP contribution in [0.2, 0.25) is 0 Å². The highest BCUT2D eigenvalue weighted by Gasteiger charge is 2.16. The van der Waals surface area contributed by atoms with E-state index in [9.17, 15) is 0 Å². The highest BCUT2D eigenvalue weighted by atomic mass is 79.9. The molecular formula is C19H10Br2N4. The van der Waals surface area contributed by atoms with Gasteiger partial charge in [-0.2, -0.15) is 0 Å². The molecule has 0 saturated carbocycles. The van der Waals surface area contributed by atoms with Crippen LogP contribution < -0.4 is 0 Å². The summed E-state index contributed by atoms with van der Waals surface area (Å²) in [5.74, 6) is 0.816. The second-order valence-electron chi connectivity index (χ2n) is 5.73. The fourth-order valence-corrected chi connectivity index (χ4v) is 4.39. The number of halogens is 2. The molecule has 0 amide bonds. The maximum atomic E-state index is 4.88. The smallest absolute Gasteiger partial charge is 0.139 e. The molecule has 0 aliphatic heterocycles. The average molecular weight is 454 g/mol. The van der Waals surface area contributed by atoms with Crippen molar-refractivity contribution in [1.29, 1.82) is 0 Å². The third kappa shape index (κ3) is 2.28. The van der Waals surface area contributed by atoms with Gasteiger partial charge in [0.05, 0.1) is 22.1 Å². The van der Waals surface area contributed by atoms with Crippen molar-refractivity contribution in [1.82, 2.24) is 19.9 Å². The van der Waals surface area contributed by atoms with Crippen molar-refractivity contribution in [2.24, 2.45) is 0 Å². The number of hydrogen-bond donors (Lipinski definition) is 1. The van der Waals surface area contributed by atoms with E-state index in [1.54, 1.807) is 12.4 Å². The summed E-state index contributed by atoms with van der Waals surface area (Å²) < 4.78 is 1.99. The number of nitrogens with zero attached hydrogens (tertiary/aromatic N) is 3. The molecule has 0 aliphatic carbocycles. The van der Waals surface area contributed by atoms with Crippen LogP contribution in [-0.2, 0) is 0 Å². The van der Waals surface area contributed by atoms with Crippen LogP contribution in [0.5, 0.6) is 0 Å². The summed E-state index contributed by atoms with van der Waals surface area (Å²) in [5.41, 5.74) is 4.66. The lowest BCUT2D eigenvalue weighted by molar-refractivity contribution is 1.33. The third-order valence-corrected chi connectivity index (χ3v) is 5.40. The summed E-state index contributed by atoms with van der Waals surface area (Å²) in [6.45, 7) is 0. The Morgan fingerprint density at radius 3 is 2.28 bits per heavy atom. The molecule has 5 aromatic rings. The topological polar surface area (TPSA) is 54.5 Å². The Kier molecular flexibility index (Phi) is 3.36. The van der Waals surface area contributed by atoms with E-state index in [1.165, 1.54) is 0 Å². The minimum Gasteiger partial charge on any atom is -0.337 e. The van der Waals surface area contributed by atoms with Gasteiger partial charge in [-0.05, 0) is 58.4 Å². The Bertz CT molecular complexity index is 1200. The molecule has 2 aromatic carbocycles. The summed E-state index contributed by atoms with van der Waals surface area (Å²) >= 11 is 7.12. The Morgan fingerprint density at radius 1 is 0.800 bits per heavy atom. The van der Waals surface area contributed by atoms with Crippen molar-refractivity contribution in [3.8, 4) is 11.4 Å². The largest absolute Gasteiger partial charge is 0.337 e. The number of imidazole rings is 1. The van der Waals surface area contributed by atoms with E-state index in [4.69, 9.17) is 4.98 Å². The summed E-state index contributed by atoms with van der Waals surface area (Å²) in [4.78, 5) is 17.4. The zero-order valence-electron chi connectivity index (χ0n) is 12.8. The SMILES string of the molecule is Brc1ccc(-c2nc3c4cccnc4c4ncccc4c3[nH]2)c(Br)c1. The highest BCUT2D eigenvalue weighted by Crippen LogP contribution is 2.35.